The fraction of sp³-hybridized carbons (Fsp3) is 0.769. The van der Waals surface area contributed by atoms with Crippen molar-refractivity contribution in [1.29, 1.82) is 0 Å². The second-order valence-corrected chi connectivity index (χ2v) is 4.84. The van der Waals surface area contributed by atoms with Crippen LogP contribution >= 0.6 is 0 Å². The highest BCUT2D eigenvalue weighted by atomic mass is 15.3. The molecule has 0 spiro atoms. The Bertz CT molecular complexity index is 300. The largest absolute Gasteiger partial charge is 0.317 e. The van der Waals surface area contributed by atoms with Crippen LogP contribution in [0.4, 0.5) is 0 Å². The Kier molecular flexibility index (Phi) is 4.40. The van der Waals surface area contributed by atoms with E-state index in [-0.39, 0.29) is 0 Å². The SMILES string of the molecule is CCCn1cc(CCC2CCNCC2)cn1. The fourth-order valence-electron chi connectivity index (χ4n) is 2.43. The van der Waals surface area contributed by atoms with Crippen LogP contribution in [-0.2, 0) is 13.0 Å². The van der Waals surface area contributed by atoms with Gasteiger partial charge >= 0.3 is 0 Å². The lowest BCUT2D eigenvalue weighted by molar-refractivity contribution is 0.354. The van der Waals surface area contributed by atoms with E-state index in [2.05, 4.69) is 28.2 Å². The number of aromatic nitrogens is 2. The van der Waals surface area contributed by atoms with Crippen LogP contribution in [0.15, 0.2) is 12.4 Å². The molecular formula is C13H23N3. The molecule has 0 amide bonds. The first-order chi connectivity index (χ1) is 7.88. The summed E-state index contributed by atoms with van der Waals surface area (Å²) in [7, 11) is 0. The summed E-state index contributed by atoms with van der Waals surface area (Å²) in [5, 5.41) is 7.79. The predicted octanol–water partition coefficient (Wildman–Crippen LogP) is 2.23. The number of rotatable bonds is 5. The minimum atomic E-state index is 0.927. The molecule has 1 aromatic rings. The molecule has 0 aliphatic carbocycles. The highest BCUT2D eigenvalue weighted by molar-refractivity contribution is 5.04. The van der Waals surface area contributed by atoms with Crippen molar-refractivity contribution in [3.63, 3.8) is 0 Å². The smallest absolute Gasteiger partial charge is 0.0521 e. The maximum absolute atomic E-state index is 4.37. The average Bonchev–Trinajstić information content (AvgIpc) is 2.76. The van der Waals surface area contributed by atoms with Crippen LogP contribution in [0, 0.1) is 5.92 Å². The summed E-state index contributed by atoms with van der Waals surface area (Å²) >= 11 is 0. The van der Waals surface area contributed by atoms with Crippen molar-refractivity contribution in [2.24, 2.45) is 5.92 Å². The highest BCUT2D eigenvalue weighted by Gasteiger charge is 2.12. The van der Waals surface area contributed by atoms with Crippen molar-refractivity contribution in [2.45, 2.75) is 45.6 Å². The summed E-state index contributed by atoms with van der Waals surface area (Å²) in [5.74, 6) is 0.927. The molecule has 2 heterocycles. The van der Waals surface area contributed by atoms with Crippen LogP contribution in [0.2, 0.25) is 0 Å². The Morgan fingerprint density at radius 2 is 2.25 bits per heavy atom. The second-order valence-electron chi connectivity index (χ2n) is 4.84. The van der Waals surface area contributed by atoms with E-state index in [0.717, 1.165) is 18.9 Å². The van der Waals surface area contributed by atoms with Gasteiger partial charge in [-0.25, -0.2) is 0 Å². The molecule has 0 atom stereocenters. The van der Waals surface area contributed by atoms with Crippen molar-refractivity contribution in [1.82, 2.24) is 15.1 Å². The molecule has 3 nitrogen and oxygen atoms in total. The van der Waals surface area contributed by atoms with Gasteiger partial charge in [-0.3, -0.25) is 4.68 Å². The van der Waals surface area contributed by atoms with E-state index in [4.69, 9.17) is 0 Å². The van der Waals surface area contributed by atoms with Crippen LogP contribution in [-0.4, -0.2) is 22.9 Å². The van der Waals surface area contributed by atoms with Crippen LogP contribution in [0.1, 0.15) is 38.2 Å². The monoisotopic (exact) mass is 221 g/mol. The van der Waals surface area contributed by atoms with Crippen molar-refractivity contribution in [2.75, 3.05) is 13.1 Å². The first kappa shape index (κ1) is 11.6. The van der Waals surface area contributed by atoms with Gasteiger partial charge in [0.05, 0.1) is 6.20 Å². The van der Waals surface area contributed by atoms with Gasteiger partial charge in [0.25, 0.3) is 0 Å². The minimum absolute atomic E-state index is 0.927. The number of nitrogens with one attached hydrogen (secondary N) is 1. The van der Waals surface area contributed by atoms with Crippen LogP contribution in [0.25, 0.3) is 0 Å². The molecule has 3 heteroatoms. The minimum Gasteiger partial charge on any atom is -0.317 e. The normalized spacial score (nSPS) is 17.8. The Labute approximate surface area is 98.2 Å². The summed E-state index contributed by atoms with van der Waals surface area (Å²) in [5.41, 5.74) is 1.41. The van der Waals surface area contributed by atoms with Crippen LogP contribution in [0.3, 0.4) is 0 Å². The number of aryl methyl sites for hydroxylation is 2. The summed E-state index contributed by atoms with van der Waals surface area (Å²) in [6, 6.07) is 0. The van der Waals surface area contributed by atoms with Gasteiger partial charge in [0.1, 0.15) is 0 Å². The number of hydrogen-bond donors (Lipinski definition) is 1. The molecule has 90 valence electrons. The van der Waals surface area contributed by atoms with E-state index in [1.165, 1.54) is 44.3 Å². The third kappa shape index (κ3) is 3.34. The number of hydrogen-bond acceptors (Lipinski definition) is 2. The van der Waals surface area contributed by atoms with Crippen LogP contribution < -0.4 is 5.32 Å². The van der Waals surface area contributed by atoms with Gasteiger partial charge in [-0.2, -0.15) is 5.10 Å². The predicted molar refractivity (Wildman–Crippen MR) is 66.4 cm³/mol. The van der Waals surface area contributed by atoms with Crippen molar-refractivity contribution < 1.29 is 0 Å². The molecule has 1 aliphatic heterocycles. The lowest BCUT2D eigenvalue weighted by Gasteiger charge is -2.22. The zero-order chi connectivity index (χ0) is 11.2. The first-order valence-corrected chi connectivity index (χ1v) is 6.60. The average molecular weight is 221 g/mol. The standard InChI is InChI=1S/C13H23N3/c1-2-9-16-11-13(10-15-16)4-3-12-5-7-14-8-6-12/h10-12,14H,2-9H2,1H3. The zero-order valence-electron chi connectivity index (χ0n) is 10.3. The first-order valence-electron chi connectivity index (χ1n) is 6.60. The van der Waals surface area contributed by atoms with Gasteiger partial charge in [0, 0.05) is 12.7 Å². The van der Waals surface area contributed by atoms with Gasteiger partial charge < -0.3 is 5.32 Å². The maximum Gasteiger partial charge on any atom is 0.0521 e. The molecule has 2 rings (SSSR count). The molecule has 0 radical (unpaired) electrons. The van der Waals surface area contributed by atoms with E-state index in [1.54, 1.807) is 0 Å². The summed E-state index contributed by atoms with van der Waals surface area (Å²) in [6.07, 6.45) is 10.6. The Hall–Kier alpha value is -0.830. The third-order valence-corrected chi connectivity index (χ3v) is 3.44. The second kappa shape index (κ2) is 6.04. The summed E-state index contributed by atoms with van der Waals surface area (Å²) in [6.45, 7) is 5.66. The Morgan fingerprint density at radius 1 is 1.44 bits per heavy atom. The van der Waals surface area contributed by atoms with Gasteiger partial charge in [-0.1, -0.05) is 6.92 Å². The van der Waals surface area contributed by atoms with Crippen LogP contribution in [0.5, 0.6) is 0 Å². The molecule has 1 aliphatic rings. The Morgan fingerprint density at radius 3 is 3.00 bits per heavy atom. The van der Waals surface area contributed by atoms with Crippen molar-refractivity contribution >= 4 is 0 Å². The highest BCUT2D eigenvalue weighted by Crippen LogP contribution is 2.18. The van der Waals surface area contributed by atoms with Gasteiger partial charge in [-0.15, -0.1) is 0 Å². The molecule has 1 aromatic heterocycles. The molecular weight excluding hydrogens is 198 g/mol. The molecule has 0 saturated carbocycles. The maximum atomic E-state index is 4.37. The van der Waals surface area contributed by atoms with E-state index >= 15 is 0 Å². The zero-order valence-corrected chi connectivity index (χ0v) is 10.3. The quantitative estimate of drug-likeness (QED) is 0.826. The van der Waals surface area contributed by atoms with Crippen molar-refractivity contribution in [3.8, 4) is 0 Å². The molecule has 1 N–H and O–H groups in total. The van der Waals surface area contributed by atoms with Crippen molar-refractivity contribution in [3.05, 3.63) is 18.0 Å². The molecule has 16 heavy (non-hydrogen) atoms. The fourth-order valence-corrected chi connectivity index (χ4v) is 2.43. The topological polar surface area (TPSA) is 29.9 Å². The summed E-state index contributed by atoms with van der Waals surface area (Å²) < 4.78 is 2.07. The molecule has 0 unspecified atom stereocenters. The lowest BCUT2D eigenvalue weighted by Crippen LogP contribution is -2.27. The van der Waals surface area contributed by atoms with E-state index in [9.17, 15) is 0 Å². The lowest BCUT2D eigenvalue weighted by atomic mass is 9.92. The van der Waals surface area contributed by atoms with E-state index in [1.807, 2.05) is 6.20 Å². The third-order valence-electron chi connectivity index (χ3n) is 3.44. The number of nitrogens with zero attached hydrogens (tertiary/aromatic N) is 2. The summed E-state index contributed by atoms with van der Waals surface area (Å²) in [4.78, 5) is 0. The molecule has 0 aromatic carbocycles. The number of piperidine rings is 1. The molecule has 1 fully saturated rings. The molecule has 1 saturated heterocycles. The van der Waals surface area contributed by atoms with Gasteiger partial charge in [-0.05, 0) is 56.7 Å². The van der Waals surface area contributed by atoms with E-state index in [0.29, 0.717) is 0 Å². The van der Waals surface area contributed by atoms with Gasteiger partial charge in [0.2, 0.25) is 0 Å². The molecule has 0 bridgehead atoms. The Balaban J connectivity index is 1.75. The van der Waals surface area contributed by atoms with E-state index < -0.39 is 0 Å². The van der Waals surface area contributed by atoms with Gasteiger partial charge in [0.15, 0.2) is 0 Å².